The van der Waals surface area contributed by atoms with Crippen molar-refractivity contribution < 1.29 is 24.3 Å². The summed E-state index contributed by atoms with van der Waals surface area (Å²) in [5.41, 5.74) is 1.41. The molecular weight excluding hydrogens is 614 g/mol. The molecule has 2 aromatic rings. The van der Waals surface area contributed by atoms with E-state index in [-0.39, 0.29) is 52.9 Å². The predicted molar refractivity (Wildman–Crippen MR) is 186 cm³/mol. The highest BCUT2D eigenvalue weighted by molar-refractivity contribution is 7.09. The van der Waals surface area contributed by atoms with Crippen molar-refractivity contribution in [2.75, 3.05) is 20.6 Å². The topological polar surface area (TPSA) is 132 Å². The molecule has 3 amide bonds. The van der Waals surface area contributed by atoms with E-state index in [0.29, 0.717) is 19.3 Å². The van der Waals surface area contributed by atoms with Crippen molar-refractivity contribution in [3.8, 4) is 0 Å². The number of hydrogen-bond acceptors (Lipinski definition) is 7. The van der Waals surface area contributed by atoms with Crippen LogP contribution in [0.1, 0.15) is 87.8 Å². The number of benzene rings is 1. The number of carbonyl (C=O) groups is 4. The summed E-state index contributed by atoms with van der Waals surface area (Å²) in [5.74, 6) is -1.42. The predicted octanol–water partition coefficient (Wildman–Crippen LogP) is 4.95. The molecule has 11 heteroatoms. The molecule has 5 unspecified atom stereocenters. The van der Waals surface area contributed by atoms with Gasteiger partial charge in [-0.1, -0.05) is 76.9 Å². The fourth-order valence-electron chi connectivity index (χ4n) is 6.13. The number of aryl methyl sites for hydroxylation is 1. The second-order valence-corrected chi connectivity index (χ2v) is 14.2. The fraction of sp³-hybridized carbons (Fsp3) is 0.583. The summed E-state index contributed by atoms with van der Waals surface area (Å²) >= 11 is 1.39. The highest BCUT2D eigenvalue weighted by Crippen LogP contribution is 2.22. The number of carboxylic acids is 1. The number of carbonyl (C=O) groups excluding carboxylic acids is 3. The first-order chi connectivity index (χ1) is 22.3. The quantitative estimate of drug-likeness (QED) is 0.216. The van der Waals surface area contributed by atoms with E-state index in [1.54, 1.807) is 16.4 Å². The molecule has 0 bridgehead atoms. The monoisotopic (exact) mass is 667 g/mol. The first-order valence-corrected chi connectivity index (χ1v) is 17.7. The van der Waals surface area contributed by atoms with Gasteiger partial charge in [0.1, 0.15) is 11.7 Å². The van der Waals surface area contributed by atoms with Gasteiger partial charge < -0.3 is 20.6 Å². The third-order valence-electron chi connectivity index (χ3n) is 9.31. The minimum atomic E-state index is -1.04. The van der Waals surface area contributed by atoms with Crippen LogP contribution in [0.25, 0.3) is 0 Å². The van der Waals surface area contributed by atoms with E-state index < -0.39 is 18.1 Å². The van der Waals surface area contributed by atoms with Crippen molar-refractivity contribution in [3.63, 3.8) is 0 Å². The summed E-state index contributed by atoms with van der Waals surface area (Å²) in [6, 6.07) is 8.15. The smallest absolute Gasteiger partial charge is 0.331 e. The van der Waals surface area contributed by atoms with Crippen molar-refractivity contribution >= 4 is 35.0 Å². The van der Waals surface area contributed by atoms with Gasteiger partial charge in [-0.05, 0) is 63.6 Å². The molecule has 0 spiro atoms. The number of piperidine rings is 1. The summed E-state index contributed by atoms with van der Waals surface area (Å²) in [4.78, 5) is 60.4. The van der Waals surface area contributed by atoms with Gasteiger partial charge in [-0.25, -0.2) is 9.78 Å². The summed E-state index contributed by atoms with van der Waals surface area (Å²) in [6.45, 7) is 10.6. The lowest BCUT2D eigenvalue weighted by atomic mass is 9.93. The number of aliphatic carboxylic acids is 1. The zero-order valence-corrected chi connectivity index (χ0v) is 29.8. The zero-order valence-electron chi connectivity index (χ0n) is 29.0. The van der Waals surface area contributed by atoms with Gasteiger partial charge in [0.25, 0.3) is 5.91 Å². The molecule has 1 fully saturated rings. The highest BCUT2D eigenvalue weighted by atomic mass is 32.1. The van der Waals surface area contributed by atoms with Crippen molar-refractivity contribution in [3.05, 3.63) is 63.6 Å². The van der Waals surface area contributed by atoms with Crippen molar-refractivity contribution in [2.24, 2.45) is 11.8 Å². The molecule has 1 aromatic carbocycles. The Labute approximate surface area is 284 Å². The molecule has 3 rings (SSSR count). The Morgan fingerprint density at radius 2 is 1.83 bits per heavy atom. The largest absolute Gasteiger partial charge is 0.478 e. The van der Waals surface area contributed by atoms with Gasteiger partial charge >= 0.3 is 5.97 Å². The molecule has 0 aliphatic carbocycles. The maximum absolute atomic E-state index is 13.9. The number of hydrogen-bond donors (Lipinski definition) is 3. The Bertz CT molecular complexity index is 1380. The van der Waals surface area contributed by atoms with E-state index >= 15 is 0 Å². The van der Waals surface area contributed by atoms with Crippen LogP contribution in [0.4, 0.5) is 0 Å². The number of nitrogens with zero attached hydrogens (tertiary/aromatic N) is 3. The molecule has 1 saturated heterocycles. The minimum absolute atomic E-state index is 0.0181. The number of likely N-dealkylation sites (N-methyl/N-ethyl adjacent to an activating group) is 2. The second-order valence-electron chi connectivity index (χ2n) is 13.2. The van der Waals surface area contributed by atoms with Gasteiger partial charge in [-0.3, -0.25) is 19.3 Å². The normalized spacial score (nSPS) is 18.2. The van der Waals surface area contributed by atoms with E-state index in [0.717, 1.165) is 42.8 Å². The van der Waals surface area contributed by atoms with Crippen LogP contribution in [0.15, 0.2) is 47.4 Å². The molecule has 47 heavy (non-hydrogen) atoms. The molecular formula is C36H53N5O5S. The Balaban J connectivity index is 1.67. The van der Waals surface area contributed by atoms with Crippen LogP contribution in [0.5, 0.6) is 0 Å². The summed E-state index contributed by atoms with van der Waals surface area (Å²) < 4.78 is 0. The molecule has 2 heterocycles. The molecule has 5 atom stereocenters. The highest BCUT2D eigenvalue weighted by Gasteiger charge is 2.35. The maximum Gasteiger partial charge on any atom is 0.331 e. The zero-order chi connectivity index (χ0) is 34.7. The van der Waals surface area contributed by atoms with Crippen molar-refractivity contribution in [2.45, 2.75) is 104 Å². The Morgan fingerprint density at radius 3 is 2.45 bits per heavy atom. The lowest BCUT2D eigenvalue weighted by Crippen LogP contribution is -2.57. The van der Waals surface area contributed by atoms with E-state index in [2.05, 4.69) is 34.4 Å². The number of rotatable bonds is 16. The molecule has 3 N–H and O–H groups in total. The molecule has 0 saturated carbocycles. The molecule has 1 aliphatic rings. The first kappa shape index (κ1) is 37.9. The van der Waals surface area contributed by atoms with Crippen LogP contribution >= 0.6 is 11.3 Å². The van der Waals surface area contributed by atoms with Crippen LogP contribution in [-0.2, 0) is 27.2 Å². The number of thiazole rings is 1. The van der Waals surface area contributed by atoms with Crippen molar-refractivity contribution in [1.29, 1.82) is 0 Å². The lowest BCUT2D eigenvalue weighted by Gasteiger charge is -2.37. The van der Waals surface area contributed by atoms with E-state index in [4.69, 9.17) is 0 Å². The van der Waals surface area contributed by atoms with Crippen molar-refractivity contribution in [1.82, 2.24) is 25.4 Å². The van der Waals surface area contributed by atoms with Crippen LogP contribution in [0.2, 0.25) is 0 Å². The Kier molecular flexibility index (Phi) is 14.6. The minimum Gasteiger partial charge on any atom is -0.478 e. The third kappa shape index (κ3) is 11.0. The van der Waals surface area contributed by atoms with E-state index in [1.165, 1.54) is 18.3 Å². The number of aromatic nitrogens is 1. The van der Waals surface area contributed by atoms with Crippen LogP contribution in [-0.4, -0.2) is 88.4 Å². The Morgan fingerprint density at radius 1 is 1.13 bits per heavy atom. The lowest BCUT2D eigenvalue weighted by molar-refractivity contribution is -0.140. The summed E-state index contributed by atoms with van der Waals surface area (Å²) in [6.07, 6.45) is 6.89. The SMILES string of the molecule is CCC(C)C(NC(=O)C1CCCCN1C)C(=O)N(C)C(CCc1nc(C(=O)NC(C=C(C)C(=O)O)Cc2ccccc2)cs1)C(C)C. The number of nitrogens with one attached hydrogen (secondary N) is 2. The second kappa shape index (κ2) is 18.1. The maximum atomic E-state index is 13.9. The van der Waals surface area contributed by atoms with Gasteiger partial charge in [0.05, 0.1) is 17.1 Å². The van der Waals surface area contributed by atoms with Crippen LogP contribution < -0.4 is 10.6 Å². The van der Waals surface area contributed by atoms with Gasteiger partial charge in [0.2, 0.25) is 11.8 Å². The molecule has 1 aromatic heterocycles. The Hall–Kier alpha value is -3.57. The third-order valence-corrected chi connectivity index (χ3v) is 10.2. The van der Waals surface area contributed by atoms with Gasteiger partial charge in [-0.2, -0.15) is 0 Å². The van der Waals surface area contributed by atoms with Crippen LogP contribution in [0.3, 0.4) is 0 Å². The van der Waals surface area contributed by atoms with E-state index in [1.807, 2.05) is 58.3 Å². The fourth-order valence-corrected chi connectivity index (χ4v) is 6.93. The molecule has 0 radical (unpaired) electrons. The summed E-state index contributed by atoms with van der Waals surface area (Å²) in [5, 5.41) is 18.0. The van der Waals surface area contributed by atoms with E-state index in [9.17, 15) is 24.3 Å². The van der Waals surface area contributed by atoms with Gasteiger partial charge in [0.15, 0.2) is 0 Å². The average Bonchev–Trinajstić information content (AvgIpc) is 3.52. The number of amides is 3. The summed E-state index contributed by atoms with van der Waals surface area (Å²) in [7, 11) is 3.79. The standard InChI is InChI=1S/C36H53N5O5S/c1-8-24(4)32(39-34(43)30-16-12-13-19-40(30)6)35(44)41(7)29(23(2)3)17-18-31-38-28(22-47-31)33(42)37-27(20-25(5)36(45)46)21-26-14-10-9-11-15-26/h9-11,14-15,20,22-24,27,29-30,32H,8,12-13,16-19,21H2,1-7H3,(H,37,42)(H,39,43)(H,45,46). The molecule has 258 valence electrons. The molecule has 10 nitrogen and oxygen atoms in total. The first-order valence-electron chi connectivity index (χ1n) is 16.8. The molecule has 1 aliphatic heterocycles. The van der Waals surface area contributed by atoms with Gasteiger partial charge in [-0.15, -0.1) is 11.3 Å². The van der Waals surface area contributed by atoms with Crippen LogP contribution in [0, 0.1) is 11.8 Å². The number of likely N-dealkylation sites (tertiary alicyclic amines) is 1. The average molecular weight is 668 g/mol. The van der Waals surface area contributed by atoms with Gasteiger partial charge in [0, 0.05) is 30.5 Å². The number of carboxylic acid groups (broad SMARTS) is 1.